The topological polar surface area (TPSA) is 12.5 Å². The van der Waals surface area contributed by atoms with E-state index < -0.39 is 0 Å². The highest BCUT2D eigenvalue weighted by Gasteiger charge is 2.24. The van der Waals surface area contributed by atoms with Gasteiger partial charge in [-0.25, -0.2) is 0 Å². The summed E-state index contributed by atoms with van der Waals surface area (Å²) in [5.74, 6) is 0.811. The van der Waals surface area contributed by atoms with Crippen molar-refractivity contribution in [3.05, 3.63) is 0 Å². The standard InChI is InChI=1S/C12H25NO/c1-10(2)5-6-12-9-14-8-7-13(12)11(3)4/h10-12H,5-9H2,1-4H3. The number of nitrogens with zero attached hydrogens (tertiary/aromatic N) is 1. The molecular formula is C12H25NO. The van der Waals surface area contributed by atoms with Crippen molar-refractivity contribution in [2.24, 2.45) is 5.92 Å². The van der Waals surface area contributed by atoms with E-state index in [4.69, 9.17) is 4.74 Å². The number of ether oxygens (including phenoxy) is 1. The molecule has 1 fully saturated rings. The molecule has 0 amide bonds. The van der Waals surface area contributed by atoms with E-state index >= 15 is 0 Å². The maximum absolute atomic E-state index is 5.55. The molecule has 1 heterocycles. The largest absolute Gasteiger partial charge is 0.378 e. The van der Waals surface area contributed by atoms with Crippen LogP contribution in [-0.2, 0) is 4.74 Å². The third-order valence-corrected chi connectivity index (χ3v) is 3.01. The Labute approximate surface area is 88.6 Å². The molecule has 0 N–H and O–H groups in total. The molecule has 2 nitrogen and oxygen atoms in total. The van der Waals surface area contributed by atoms with Crippen molar-refractivity contribution in [3.63, 3.8) is 0 Å². The lowest BCUT2D eigenvalue weighted by Crippen LogP contribution is -2.48. The van der Waals surface area contributed by atoms with E-state index in [-0.39, 0.29) is 0 Å². The first-order valence-corrected chi connectivity index (χ1v) is 5.94. The SMILES string of the molecule is CC(C)CCC1COCCN1C(C)C. The molecule has 0 aromatic rings. The second-order valence-corrected chi connectivity index (χ2v) is 5.03. The highest BCUT2D eigenvalue weighted by Crippen LogP contribution is 2.17. The molecule has 1 saturated heterocycles. The molecule has 0 aliphatic carbocycles. The highest BCUT2D eigenvalue weighted by atomic mass is 16.5. The predicted octanol–water partition coefficient (Wildman–Crippen LogP) is 2.53. The lowest BCUT2D eigenvalue weighted by Gasteiger charge is -2.38. The van der Waals surface area contributed by atoms with Crippen molar-refractivity contribution in [1.29, 1.82) is 0 Å². The van der Waals surface area contributed by atoms with Crippen LogP contribution in [0, 0.1) is 5.92 Å². The lowest BCUT2D eigenvalue weighted by molar-refractivity contribution is -0.0264. The molecule has 1 rings (SSSR count). The van der Waals surface area contributed by atoms with Crippen LogP contribution in [0.4, 0.5) is 0 Å². The lowest BCUT2D eigenvalue weighted by atomic mass is 10.0. The van der Waals surface area contributed by atoms with Crippen LogP contribution >= 0.6 is 0 Å². The van der Waals surface area contributed by atoms with Crippen LogP contribution in [0.3, 0.4) is 0 Å². The van der Waals surface area contributed by atoms with Gasteiger partial charge in [-0.05, 0) is 32.6 Å². The Kier molecular flexibility index (Phi) is 4.90. The van der Waals surface area contributed by atoms with Gasteiger partial charge in [0.1, 0.15) is 0 Å². The van der Waals surface area contributed by atoms with Crippen molar-refractivity contribution >= 4 is 0 Å². The number of morpholine rings is 1. The van der Waals surface area contributed by atoms with E-state index in [1.54, 1.807) is 0 Å². The Bertz CT molecular complexity index is 156. The van der Waals surface area contributed by atoms with Gasteiger partial charge in [-0.2, -0.15) is 0 Å². The summed E-state index contributed by atoms with van der Waals surface area (Å²) in [5.41, 5.74) is 0. The fourth-order valence-corrected chi connectivity index (χ4v) is 2.12. The van der Waals surface area contributed by atoms with Gasteiger partial charge in [-0.1, -0.05) is 13.8 Å². The van der Waals surface area contributed by atoms with Crippen molar-refractivity contribution in [3.8, 4) is 0 Å². The van der Waals surface area contributed by atoms with Crippen LogP contribution in [0.15, 0.2) is 0 Å². The summed E-state index contributed by atoms with van der Waals surface area (Å²) in [6, 6.07) is 1.32. The summed E-state index contributed by atoms with van der Waals surface area (Å²) in [6.45, 7) is 12.1. The quantitative estimate of drug-likeness (QED) is 0.690. The number of rotatable bonds is 4. The molecule has 1 atom stereocenters. The third-order valence-electron chi connectivity index (χ3n) is 3.01. The normalized spacial score (nSPS) is 24.9. The van der Waals surface area contributed by atoms with Crippen molar-refractivity contribution in [2.45, 2.75) is 52.6 Å². The minimum Gasteiger partial charge on any atom is -0.378 e. The van der Waals surface area contributed by atoms with Crippen LogP contribution in [0.25, 0.3) is 0 Å². The minimum atomic E-state index is 0.658. The minimum absolute atomic E-state index is 0.658. The van der Waals surface area contributed by atoms with Gasteiger partial charge < -0.3 is 4.74 Å². The van der Waals surface area contributed by atoms with Gasteiger partial charge in [-0.3, -0.25) is 4.90 Å². The smallest absolute Gasteiger partial charge is 0.0622 e. The molecule has 0 radical (unpaired) electrons. The van der Waals surface area contributed by atoms with Crippen molar-refractivity contribution in [2.75, 3.05) is 19.8 Å². The summed E-state index contributed by atoms with van der Waals surface area (Å²) in [4.78, 5) is 2.59. The molecule has 84 valence electrons. The van der Waals surface area contributed by atoms with Crippen LogP contribution in [0.1, 0.15) is 40.5 Å². The average molecular weight is 199 g/mol. The van der Waals surface area contributed by atoms with Gasteiger partial charge in [0, 0.05) is 18.6 Å². The Balaban J connectivity index is 2.38. The first kappa shape index (κ1) is 12.0. The second kappa shape index (κ2) is 5.72. The van der Waals surface area contributed by atoms with Crippen molar-refractivity contribution in [1.82, 2.24) is 4.90 Å². The van der Waals surface area contributed by atoms with E-state index in [9.17, 15) is 0 Å². The summed E-state index contributed by atoms with van der Waals surface area (Å²) >= 11 is 0. The molecule has 0 saturated carbocycles. The zero-order chi connectivity index (χ0) is 10.6. The van der Waals surface area contributed by atoms with Gasteiger partial charge in [0.15, 0.2) is 0 Å². The first-order chi connectivity index (χ1) is 6.61. The molecule has 1 unspecified atom stereocenters. The molecule has 0 aromatic heterocycles. The maximum atomic E-state index is 5.55. The second-order valence-electron chi connectivity index (χ2n) is 5.03. The van der Waals surface area contributed by atoms with E-state index in [2.05, 4.69) is 32.6 Å². The molecule has 1 aliphatic rings. The van der Waals surface area contributed by atoms with Gasteiger partial charge in [0.2, 0.25) is 0 Å². The Morgan fingerprint density at radius 1 is 1.29 bits per heavy atom. The predicted molar refractivity (Wildman–Crippen MR) is 60.5 cm³/mol. The van der Waals surface area contributed by atoms with Crippen molar-refractivity contribution < 1.29 is 4.74 Å². The number of hydrogen-bond donors (Lipinski definition) is 0. The Hall–Kier alpha value is -0.0800. The van der Waals surface area contributed by atoms with Crippen LogP contribution < -0.4 is 0 Å². The summed E-state index contributed by atoms with van der Waals surface area (Å²) in [6.07, 6.45) is 2.60. The van der Waals surface area contributed by atoms with Gasteiger partial charge in [-0.15, -0.1) is 0 Å². The van der Waals surface area contributed by atoms with Crippen LogP contribution in [0.2, 0.25) is 0 Å². The van der Waals surface area contributed by atoms with Gasteiger partial charge in [0.05, 0.1) is 13.2 Å². The monoisotopic (exact) mass is 199 g/mol. The van der Waals surface area contributed by atoms with E-state index in [0.29, 0.717) is 12.1 Å². The molecule has 0 aromatic carbocycles. The zero-order valence-electron chi connectivity index (χ0n) is 10.1. The van der Waals surface area contributed by atoms with E-state index in [0.717, 1.165) is 25.7 Å². The zero-order valence-corrected chi connectivity index (χ0v) is 10.1. The summed E-state index contributed by atoms with van der Waals surface area (Å²) in [7, 11) is 0. The number of hydrogen-bond acceptors (Lipinski definition) is 2. The fourth-order valence-electron chi connectivity index (χ4n) is 2.12. The molecule has 2 heteroatoms. The fraction of sp³-hybridized carbons (Fsp3) is 1.00. The van der Waals surface area contributed by atoms with Gasteiger partial charge >= 0.3 is 0 Å². The third kappa shape index (κ3) is 3.58. The molecule has 14 heavy (non-hydrogen) atoms. The summed E-state index contributed by atoms with van der Waals surface area (Å²) < 4.78 is 5.55. The Morgan fingerprint density at radius 2 is 2.00 bits per heavy atom. The van der Waals surface area contributed by atoms with E-state index in [1.165, 1.54) is 12.8 Å². The maximum Gasteiger partial charge on any atom is 0.0622 e. The van der Waals surface area contributed by atoms with Crippen LogP contribution in [-0.4, -0.2) is 36.7 Å². The Morgan fingerprint density at radius 3 is 2.57 bits per heavy atom. The molecular weight excluding hydrogens is 174 g/mol. The highest BCUT2D eigenvalue weighted by molar-refractivity contribution is 4.78. The first-order valence-electron chi connectivity index (χ1n) is 5.94. The average Bonchev–Trinajstić information content (AvgIpc) is 2.15. The van der Waals surface area contributed by atoms with Gasteiger partial charge in [0.25, 0.3) is 0 Å². The molecule has 0 spiro atoms. The molecule has 0 bridgehead atoms. The van der Waals surface area contributed by atoms with E-state index in [1.807, 2.05) is 0 Å². The molecule has 1 aliphatic heterocycles. The summed E-state index contributed by atoms with van der Waals surface area (Å²) in [5, 5.41) is 0. The van der Waals surface area contributed by atoms with Crippen LogP contribution in [0.5, 0.6) is 0 Å².